The summed E-state index contributed by atoms with van der Waals surface area (Å²) in [6.07, 6.45) is 6.38. The van der Waals surface area contributed by atoms with Gasteiger partial charge in [0.05, 0.1) is 11.4 Å². The summed E-state index contributed by atoms with van der Waals surface area (Å²) in [5, 5.41) is 11.8. The van der Waals surface area contributed by atoms with Gasteiger partial charge in [-0.1, -0.05) is 0 Å². The highest BCUT2D eigenvalue weighted by atomic mass is 19.1. The lowest BCUT2D eigenvalue weighted by molar-refractivity contribution is 0.0698. The molecule has 0 saturated heterocycles. The molecule has 0 atom stereocenters. The number of aromatic carboxylic acids is 1. The molecule has 4 nitrogen and oxygen atoms in total. The third-order valence-corrected chi connectivity index (χ3v) is 2.22. The van der Waals surface area contributed by atoms with Gasteiger partial charge in [0.2, 0.25) is 0 Å². The largest absolute Gasteiger partial charge is 0.478 e. The van der Waals surface area contributed by atoms with E-state index in [2.05, 4.69) is 11.2 Å². The molecule has 0 aliphatic heterocycles. The molecule has 0 fully saturated rings. The number of carboxylic acids is 1. The summed E-state index contributed by atoms with van der Waals surface area (Å²) in [5.74, 6) is 0.469. The summed E-state index contributed by atoms with van der Waals surface area (Å²) in [6.45, 7) is 0.509. The molecular formula is C12H13FN2O2. The van der Waals surface area contributed by atoms with Gasteiger partial charge < -0.3 is 16.2 Å². The Kier molecular flexibility index (Phi) is 4.35. The van der Waals surface area contributed by atoms with E-state index in [1.54, 1.807) is 0 Å². The van der Waals surface area contributed by atoms with Crippen LogP contribution in [0.4, 0.5) is 15.8 Å². The van der Waals surface area contributed by atoms with E-state index in [0.717, 1.165) is 6.07 Å². The molecule has 90 valence electrons. The summed E-state index contributed by atoms with van der Waals surface area (Å²) >= 11 is 0. The van der Waals surface area contributed by atoms with Crippen molar-refractivity contribution < 1.29 is 14.3 Å². The Balaban J connectivity index is 2.88. The number of nitrogens with one attached hydrogen (secondary N) is 1. The van der Waals surface area contributed by atoms with Crippen LogP contribution in [0.1, 0.15) is 23.2 Å². The van der Waals surface area contributed by atoms with E-state index >= 15 is 0 Å². The predicted molar refractivity (Wildman–Crippen MR) is 64.3 cm³/mol. The van der Waals surface area contributed by atoms with Crippen molar-refractivity contribution in [3.05, 3.63) is 23.5 Å². The van der Waals surface area contributed by atoms with E-state index in [4.69, 9.17) is 17.3 Å². The molecule has 0 unspecified atom stereocenters. The van der Waals surface area contributed by atoms with Gasteiger partial charge in [-0.2, -0.15) is 0 Å². The van der Waals surface area contributed by atoms with Gasteiger partial charge in [0.25, 0.3) is 0 Å². The number of carbonyl (C=O) groups is 1. The average Bonchev–Trinajstić information content (AvgIpc) is 2.28. The zero-order valence-electron chi connectivity index (χ0n) is 9.16. The molecule has 1 aromatic carbocycles. The molecule has 17 heavy (non-hydrogen) atoms. The predicted octanol–water partition coefficient (Wildman–Crippen LogP) is 1.93. The van der Waals surface area contributed by atoms with Crippen LogP contribution in [-0.2, 0) is 0 Å². The van der Waals surface area contributed by atoms with Crippen molar-refractivity contribution in [2.24, 2.45) is 0 Å². The van der Waals surface area contributed by atoms with Crippen LogP contribution in [-0.4, -0.2) is 17.6 Å². The molecular weight excluding hydrogens is 223 g/mol. The lowest BCUT2D eigenvalue weighted by atomic mass is 10.1. The Hall–Kier alpha value is -2.22. The number of nitrogens with two attached hydrogens (primary N) is 1. The second-order valence-corrected chi connectivity index (χ2v) is 3.42. The minimum Gasteiger partial charge on any atom is -0.478 e. The Labute approximate surface area is 98.6 Å². The van der Waals surface area contributed by atoms with Crippen LogP contribution in [0.15, 0.2) is 12.1 Å². The molecule has 1 aromatic rings. The third kappa shape index (κ3) is 3.11. The van der Waals surface area contributed by atoms with Gasteiger partial charge in [-0.25, -0.2) is 9.18 Å². The maximum absolute atomic E-state index is 13.1. The van der Waals surface area contributed by atoms with Crippen LogP contribution in [0.25, 0.3) is 0 Å². The van der Waals surface area contributed by atoms with Crippen molar-refractivity contribution in [1.29, 1.82) is 0 Å². The minimum absolute atomic E-state index is 0.245. The maximum Gasteiger partial charge on any atom is 0.340 e. The molecule has 0 aromatic heterocycles. The van der Waals surface area contributed by atoms with Gasteiger partial charge in [-0.15, -0.1) is 12.3 Å². The summed E-state index contributed by atoms with van der Waals surface area (Å²) < 4.78 is 13.1. The van der Waals surface area contributed by atoms with Gasteiger partial charge in [0, 0.05) is 13.0 Å². The van der Waals surface area contributed by atoms with E-state index in [0.29, 0.717) is 25.1 Å². The smallest absolute Gasteiger partial charge is 0.340 e. The number of terminal acetylenes is 1. The van der Waals surface area contributed by atoms with Crippen LogP contribution < -0.4 is 11.1 Å². The zero-order chi connectivity index (χ0) is 12.8. The highest BCUT2D eigenvalue weighted by Crippen LogP contribution is 2.25. The summed E-state index contributed by atoms with van der Waals surface area (Å²) in [7, 11) is 0. The number of unbranched alkanes of at least 4 members (excludes halogenated alkanes) is 1. The van der Waals surface area contributed by atoms with E-state index in [1.807, 2.05) is 0 Å². The van der Waals surface area contributed by atoms with Gasteiger partial charge in [-0.3, -0.25) is 0 Å². The second kappa shape index (κ2) is 5.75. The normalized spacial score (nSPS) is 9.65. The zero-order valence-corrected chi connectivity index (χ0v) is 9.16. The van der Waals surface area contributed by atoms with Crippen LogP contribution in [0.5, 0.6) is 0 Å². The van der Waals surface area contributed by atoms with Crippen molar-refractivity contribution in [1.82, 2.24) is 0 Å². The Morgan fingerprint density at radius 2 is 2.29 bits per heavy atom. The highest BCUT2D eigenvalue weighted by molar-refractivity contribution is 6.00. The average molecular weight is 236 g/mol. The van der Waals surface area contributed by atoms with Crippen molar-refractivity contribution in [3.8, 4) is 12.3 Å². The first kappa shape index (κ1) is 12.8. The first-order chi connectivity index (χ1) is 8.07. The third-order valence-electron chi connectivity index (χ3n) is 2.22. The van der Waals surface area contributed by atoms with E-state index < -0.39 is 11.8 Å². The number of hydrogen-bond acceptors (Lipinski definition) is 3. The monoisotopic (exact) mass is 236 g/mol. The van der Waals surface area contributed by atoms with Crippen molar-refractivity contribution in [2.75, 3.05) is 17.6 Å². The summed E-state index contributed by atoms with van der Waals surface area (Å²) in [4.78, 5) is 11.0. The number of rotatable bonds is 5. The lowest BCUT2D eigenvalue weighted by Gasteiger charge is -2.11. The van der Waals surface area contributed by atoms with E-state index in [-0.39, 0.29) is 11.3 Å². The molecule has 4 N–H and O–H groups in total. The molecule has 0 amide bonds. The van der Waals surface area contributed by atoms with Crippen LogP contribution in [0.2, 0.25) is 0 Å². The quantitative estimate of drug-likeness (QED) is 0.415. The second-order valence-electron chi connectivity index (χ2n) is 3.42. The van der Waals surface area contributed by atoms with Gasteiger partial charge in [-0.05, 0) is 18.6 Å². The number of nitrogen functional groups attached to an aromatic ring is 1. The summed E-state index contributed by atoms with van der Waals surface area (Å²) in [6, 6.07) is 2.48. The number of anilines is 2. The van der Waals surface area contributed by atoms with Crippen LogP contribution >= 0.6 is 0 Å². The Bertz CT molecular complexity index is 466. The fourth-order valence-electron chi connectivity index (χ4n) is 1.39. The van der Waals surface area contributed by atoms with Crippen molar-refractivity contribution in [2.45, 2.75) is 12.8 Å². The Morgan fingerprint density at radius 3 is 2.88 bits per heavy atom. The van der Waals surface area contributed by atoms with E-state index in [9.17, 15) is 9.18 Å². The minimum atomic E-state index is -1.26. The fraction of sp³-hybridized carbons (Fsp3) is 0.250. The van der Waals surface area contributed by atoms with Crippen LogP contribution in [0, 0.1) is 18.2 Å². The first-order valence-electron chi connectivity index (χ1n) is 5.06. The maximum atomic E-state index is 13.1. The molecule has 0 spiro atoms. The SMILES string of the molecule is C#CCCCNc1ccc(F)c(N)c1C(=O)O. The summed E-state index contributed by atoms with van der Waals surface area (Å²) in [5.41, 5.74) is 5.08. The van der Waals surface area contributed by atoms with Crippen LogP contribution in [0.3, 0.4) is 0 Å². The fourth-order valence-corrected chi connectivity index (χ4v) is 1.39. The first-order valence-corrected chi connectivity index (χ1v) is 5.06. The molecule has 1 rings (SSSR count). The van der Waals surface area contributed by atoms with Gasteiger partial charge in [0.1, 0.15) is 11.4 Å². The molecule has 0 aliphatic carbocycles. The number of halogens is 1. The molecule has 0 bridgehead atoms. The van der Waals surface area contributed by atoms with Crippen molar-refractivity contribution >= 4 is 17.3 Å². The van der Waals surface area contributed by atoms with Gasteiger partial charge in [0.15, 0.2) is 0 Å². The number of hydrogen-bond donors (Lipinski definition) is 3. The topological polar surface area (TPSA) is 75.3 Å². The van der Waals surface area contributed by atoms with Crippen molar-refractivity contribution in [3.63, 3.8) is 0 Å². The number of benzene rings is 1. The molecule has 0 heterocycles. The molecule has 0 aliphatic rings. The number of carboxylic acid groups (broad SMARTS) is 1. The van der Waals surface area contributed by atoms with Gasteiger partial charge >= 0.3 is 5.97 Å². The molecule has 0 radical (unpaired) electrons. The molecule has 0 saturated carbocycles. The lowest BCUT2D eigenvalue weighted by Crippen LogP contribution is -2.11. The Morgan fingerprint density at radius 1 is 1.59 bits per heavy atom. The standard InChI is InChI=1S/C12H13FN2O2/c1-2-3-4-7-15-9-6-5-8(13)11(14)10(9)12(16)17/h1,5-6,15H,3-4,7,14H2,(H,16,17). The molecule has 5 heteroatoms. The van der Waals surface area contributed by atoms with E-state index in [1.165, 1.54) is 6.07 Å². The highest BCUT2D eigenvalue weighted by Gasteiger charge is 2.16.